The van der Waals surface area contributed by atoms with E-state index in [9.17, 15) is 13.2 Å². The second kappa shape index (κ2) is 7.08. The summed E-state index contributed by atoms with van der Waals surface area (Å²) >= 11 is 0. The summed E-state index contributed by atoms with van der Waals surface area (Å²) in [6.07, 6.45) is 0. The standard InChI is InChI=1S/C18H18N2O4S/c1-19-25(22,23)12-14-8-6-13(7-9-14)11-20-18(21)17-10-15-4-2-3-5-16(15)24-17/h2-10,19H,11-12H2,1H3,(H,20,21). The van der Waals surface area contributed by atoms with Gasteiger partial charge in [-0.1, -0.05) is 42.5 Å². The van der Waals surface area contributed by atoms with Crippen molar-refractivity contribution in [3.8, 4) is 0 Å². The number of carbonyl (C=O) groups excluding carboxylic acids is 1. The largest absolute Gasteiger partial charge is 0.451 e. The van der Waals surface area contributed by atoms with Crippen LogP contribution in [0.3, 0.4) is 0 Å². The van der Waals surface area contributed by atoms with Crippen LogP contribution in [0.15, 0.2) is 59.0 Å². The molecule has 7 heteroatoms. The fourth-order valence-corrected chi connectivity index (χ4v) is 3.18. The monoisotopic (exact) mass is 358 g/mol. The zero-order valence-corrected chi connectivity index (χ0v) is 14.5. The van der Waals surface area contributed by atoms with E-state index in [0.717, 1.165) is 10.9 Å². The van der Waals surface area contributed by atoms with Crippen LogP contribution in [0.5, 0.6) is 0 Å². The van der Waals surface area contributed by atoms with Crippen molar-refractivity contribution >= 4 is 26.9 Å². The molecular weight excluding hydrogens is 340 g/mol. The maximum Gasteiger partial charge on any atom is 0.287 e. The van der Waals surface area contributed by atoms with Crippen molar-refractivity contribution in [1.29, 1.82) is 0 Å². The van der Waals surface area contributed by atoms with Crippen molar-refractivity contribution in [1.82, 2.24) is 10.0 Å². The Labute approximate surface area is 145 Å². The molecule has 2 aromatic carbocycles. The number of rotatable bonds is 6. The number of fused-ring (bicyclic) bond motifs is 1. The Morgan fingerprint density at radius 3 is 2.40 bits per heavy atom. The van der Waals surface area contributed by atoms with Crippen molar-refractivity contribution in [2.75, 3.05) is 7.05 Å². The lowest BCUT2D eigenvalue weighted by Crippen LogP contribution is -2.22. The molecule has 0 aliphatic heterocycles. The smallest absolute Gasteiger partial charge is 0.287 e. The molecule has 1 aromatic heterocycles. The van der Waals surface area contributed by atoms with E-state index in [1.54, 1.807) is 30.3 Å². The molecule has 1 heterocycles. The fraction of sp³-hybridized carbons (Fsp3) is 0.167. The van der Waals surface area contributed by atoms with Crippen LogP contribution in [0, 0.1) is 0 Å². The van der Waals surface area contributed by atoms with Crippen LogP contribution in [0.1, 0.15) is 21.7 Å². The quantitative estimate of drug-likeness (QED) is 0.708. The first-order valence-electron chi connectivity index (χ1n) is 7.73. The van der Waals surface area contributed by atoms with Gasteiger partial charge in [-0.2, -0.15) is 0 Å². The molecule has 0 bridgehead atoms. The van der Waals surface area contributed by atoms with Crippen molar-refractivity contribution in [3.05, 3.63) is 71.5 Å². The Kier molecular flexibility index (Phi) is 4.87. The Morgan fingerprint density at radius 2 is 1.72 bits per heavy atom. The zero-order valence-electron chi connectivity index (χ0n) is 13.7. The van der Waals surface area contributed by atoms with Gasteiger partial charge in [0.2, 0.25) is 10.0 Å². The summed E-state index contributed by atoms with van der Waals surface area (Å²) in [5.74, 6) is -0.106. The van der Waals surface area contributed by atoms with E-state index in [2.05, 4.69) is 10.0 Å². The number of hydrogen-bond donors (Lipinski definition) is 2. The van der Waals surface area contributed by atoms with Gasteiger partial charge in [0, 0.05) is 11.9 Å². The van der Waals surface area contributed by atoms with Gasteiger partial charge >= 0.3 is 0 Å². The van der Waals surface area contributed by atoms with Crippen LogP contribution in [0.4, 0.5) is 0 Å². The number of benzene rings is 2. The second-order valence-corrected chi connectivity index (χ2v) is 7.54. The van der Waals surface area contributed by atoms with Crippen molar-refractivity contribution in [2.24, 2.45) is 0 Å². The van der Waals surface area contributed by atoms with E-state index >= 15 is 0 Å². The van der Waals surface area contributed by atoms with E-state index in [-0.39, 0.29) is 17.4 Å². The summed E-state index contributed by atoms with van der Waals surface area (Å²) in [6.45, 7) is 0.328. The van der Waals surface area contributed by atoms with E-state index < -0.39 is 10.0 Å². The van der Waals surface area contributed by atoms with Gasteiger partial charge in [-0.3, -0.25) is 4.79 Å². The van der Waals surface area contributed by atoms with Gasteiger partial charge in [-0.05, 0) is 30.3 Å². The number of para-hydroxylation sites is 1. The predicted molar refractivity (Wildman–Crippen MR) is 95.5 cm³/mol. The van der Waals surface area contributed by atoms with Gasteiger partial charge in [0.05, 0.1) is 5.75 Å². The molecule has 130 valence electrons. The minimum absolute atomic E-state index is 0.0743. The van der Waals surface area contributed by atoms with Crippen LogP contribution in [-0.2, 0) is 22.3 Å². The lowest BCUT2D eigenvalue weighted by Gasteiger charge is -2.06. The Balaban J connectivity index is 1.62. The molecule has 0 saturated carbocycles. The second-order valence-electron chi connectivity index (χ2n) is 5.61. The maximum absolute atomic E-state index is 12.2. The SMILES string of the molecule is CNS(=O)(=O)Cc1ccc(CNC(=O)c2cc3ccccc3o2)cc1. The molecule has 0 radical (unpaired) electrons. The molecule has 6 nitrogen and oxygen atoms in total. The first-order valence-corrected chi connectivity index (χ1v) is 9.38. The molecule has 0 atom stereocenters. The van der Waals surface area contributed by atoms with Gasteiger partial charge in [0.1, 0.15) is 5.58 Å². The van der Waals surface area contributed by atoms with Crippen LogP contribution >= 0.6 is 0 Å². The van der Waals surface area contributed by atoms with Crippen molar-refractivity contribution in [2.45, 2.75) is 12.3 Å². The normalized spacial score (nSPS) is 11.6. The van der Waals surface area contributed by atoms with Gasteiger partial charge < -0.3 is 9.73 Å². The average molecular weight is 358 g/mol. The molecule has 0 fully saturated rings. The topological polar surface area (TPSA) is 88.4 Å². The molecule has 1 amide bonds. The van der Waals surface area contributed by atoms with E-state index in [0.29, 0.717) is 17.7 Å². The minimum Gasteiger partial charge on any atom is -0.451 e. The zero-order chi connectivity index (χ0) is 17.9. The maximum atomic E-state index is 12.2. The lowest BCUT2D eigenvalue weighted by molar-refractivity contribution is 0.0925. The summed E-state index contributed by atoms with van der Waals surface area (Å²) < 4.78 is 30.8. The number of carbonyl (C=O) groups is 1. The summed E-state index contributed by atoms with van der Waals surface area (Å²) in [7, 11) is -1.91. The molecule has 0 aliphatic carbocycles. The van der Waals surface area contributed by atoms with Gasteiger partial charge in [-0.25, -0.2) is 13.1 Å². The highest BCUT2D eigenvalue weighted by molar-refractivity contribution is 7.88. The average Bonchev–Trinajstić information content (AvgIpc) is 3.05. The lowest BCUT2D eigenvalue weighted by atomic mass is 10.1. The van der Waals surface area contributed by atoms with Crippen LogP contribution < -0.4 is 10.0 Å². The third-order valence-corrected chi connectivity index (χ3v) is 5.13. The summed E-state index contributed by atoms with van der Waals surface area (Å²) in [6, 6.07) is 16.2. The van der Waals surface area contributed by atoms with Crippen LogP contribution in [0.2, 0.25) is 0 Å². The van der Waals surface area contributed by atoms with Gasteiger partial charge in [0.15, 0.2) is 5.76 Å². The third-order valence-electron chi connectivity index (χ3n) is 3.79. The van der Waals surface area contributed by atoms with E-state index in [4.69, 9.17) is 4.42 Å². The molecule has 25 heavy (non-hydrogen) atoms. The minimum atomic E-state index is -3.29. The number of furan rings is 1. The highest BCUT2D eigenvalue weighted by Crippen LogP contribution is 2.18. The van der Waals surface area contributed by atoms with Crippen LogP contribution in [-0.4, -0.2) is 21.4 Å². The molecule has 0 saturated heterocycles. The first-order chi connectivity index (χ1) is 12.0. The Hall–Kier alpha value is -2.64. The molecule has 3 aromatic rings. The first kappa shape index (κ1) is 17.2. The number of nitrogens with one attached hydrogen (secondary N) is 2. The molecule has 0 aliphatic rings. The molecular formula is C18H18N2O4S. The molecule has 3 rings (SSSR count). The molecule has 0 unspecified atom stereocenters. The number of hydrogen-bond acceptors (Lipinski definition) is 4. The van der Waals surface area contributed by atoms with Crippen LogP contribution in [0.25, 0.3) is 11.0 Å². The fourth-order valence-electron chi connectivity index (χ4n) is 2.41. The highest BCUT2D eigenvalue weighted by Gasteiger charge is 2.12. The van der Waals surface area contributed by atoms with E-state index in [1.807, 2.05) is 24.3 Å². The summed E-state index contributed by atoms with van der Waals surface area (Å²) in [5, 5.41) is 3.67. The highest BCUT2D eigenvalue weighted by atomic mass is 32.2. The van der Waals surface area contributed by atoms with E-state index in [1.165, 1.54) is 7.05 Å². The van der Waals surface area contributed by atoms with Gasteiger partial charge in [0.25, 0.3) is 5.91 Å². The molecule has 0 spiro atoms. The number of amides is 1. The summed E-state index contributed by atoms with van der Waals surface area (Å²) in [5.41, 5.74) is 2.22. The Morgan fingerprint density at radius 1 is 1.04 bits per heavy atom. The number of sulfonamides is 1. The van der Waals surface area contributed by atoms with Crippen molar-refractivity contribution < 1.29 is 17.6 Å². The predicted octanol–water partition coefficient (Wildman–Crippen LogP) is 2.41. The summed E-state index contributed by atoms with van der Waals surface area (Å²) in [4.78, 5) is 12.2. The van der Waals surface area contributed by atoms with Crippen molar-refractivity contribution in [3.63, 3.8) is 0 Å². The third kappa shape index (κ3) is 4.26. The van der Waals surface area contributed by atoms with Gasteiger partial charge in [-0.15, -0.1) is 0 Å². The molecule has 2 N–H and O–H groups in total. The Bertz CT molecular complexity index is 958.